The Morgan fingerprint density at radius 2 is 1.68 bits per heavy atom. The lowest BCUT2D eigenvalue weighted by Gasteiger charge is -2.34. The predicted octanol–water partition coefficient (Wildman–Crippen LogP) is 1.10. The highest BCUT2D eigenvalue weighted by Crippen LogP contribution is 2.14. The highest BCUT2D eigenvalue weighted by Gasteiger charge is 2.22. The van der Waals surface area contributed by atoms with Gasteiger partial charge in [0.1, 0.15) is 0 Å². The van der Waals surface area contributed by atoms with E-state index in [9.17, 15) is 9.59 Å². The summed E-state index contributed by atoms with van der Waals surface area (Å²) in [5.74, 6) is 0.0438. The van der Waals surface area contributed by atoms with Crippen LogP contribution in [0.3, 0.4) is 0 Å². The number of nitrogens with zero attached hydrogens (tertiary/aromatic N) is 2. The van der Waals surface area contributed by atoms with Crippen LogP contribution in [0, 0.1) is 5.41 Å². The zero-order chi connectivity index (χ0) is 18.4. The van der Waals surface area contributed by atoms with Gasteiger partial charge in [0.15, 0.2) is 0 Å². The van der Waals surface area contributed by atoms with E-state index in [0.717, 1.165) is 18.7 Å². The number of carbonyl (C=O) groups is 2. The average molecular weight is 347 g/mol. The molecular formula is C19H29N3O3. The second-order valence-corrected chi connectivity index (χ2v) is 7.49. The summed E-state index contributed by atoms with van der Waals surface area (Å²) in [6.45, 7) is 9.87. The van der Waals surface area contributed by atoms with Crippen molar-refractivity contribution in [1.29, 1.82) is 0 Å². The van der Waals surface area contributed by atoms with Crippen LogP contribution in [-0.4, -0.2) is 66.1 Å². The van der Waals surface area contributed by atoms with Crippen molar-refractivity contribution in [3.05, 3.63) is 35.4 Å². The summed E-state index contributed by atoms with van der Waals surface area (Å²) in [6, 6.07) is 7.42. The van der Waals surface area contributed by atoms with Crippen LogP contribution in [0.5, 0.6) is 0 Å². The van der Waals surface area contributed by atoms with Gasteiger partial charge in [-0.3, -0.25) is 14.5 Å². The van der Waals surface area contributed by atoms with Gasteiger partial charge in [-0.1, -0.05) is 32.9 Å². The number of nitrogens with one attached hydrogen (secondary N) is 1. The zero-order valence-electron chi connectivity index (χ0n) is 15.4. The molecule has 1 aromatic carbocycles. The van der Waals surface area contributed by atoms with Gasteiger partial charge < -0.3 is 15.3 Å². The van der Waals surface area contributed by atoms with Crippen molar-refractivity contribution in [1.82, 2.24) is 15.1 Å². The van der Waals surface area contributed by atoms with E-state index in [2.05, 4.69) is 10.2 Å². The molecule has 2 N–H and O–H groups in total. The number of hydrogen-bond acceptors (Lipinski definition) is 4. The van der Waals surface area contributed by atoms with Gasteiger partial charge in [-0.05, 0) is 17.7 Å². The summed E-state index contributed by atoms with van der Waals surface area (Å²) in [5, 5.41) is 11.9. The van der Waals surface area contributed by atoms with E-state index in [4.69, 9.17) is 5.11 Å². The Morgan fingerprint density at radius 1 is 1.08 bits per heavy atom. The van der Waals surface area contributed by atoms with Crippen LogP contribution in [0.4, 0.5) is 0 Å². The summed E-state index contributed by atoms with van der Waals surface area (Å²) in [4.78, 5) is 28.5. The molecule has 0 unspecified atom stereocenters. The molecule has 1 aliphatic heterocycles. The highest BCUT2D eigenvalue weighted by atomic mass is 16.3. The van der Waals surface area contributed by atoms with Gasteiger partial charge in [-0.15, -0.1) is 0 Å². The molecule has 0 radical (unpaired) electrons. The third kappa shape index (κ3) is 5.54. The van der Waals surface area contributed by atoms with Crippen LogP contribution in [0.2, 0.25) is 0 Å². The maximum Gasteiger partial charge on any atom is 0.253 e. The summed E-state index contributed by atoms with van der Waals surface area (Å²) >= 11 is 0. The average Bonchev–Trinajstić information content (AvgIpc) is 2.59. The molecule has 6 heteroatoms. The second kappa shape index (κ2) is 8.45. The smallest absolute Gasteiger partial charge is 0.253 e. The number of carbonyl (C=O) groups excluding carboxylic acids is 2. The van der Waals surface area contributed by atoms with Crippen LogP contribution < -0.4 is 5.32 Å². The standard InChI is InChI=1S/C19H29N3O3/c1-19(2,3)18(25)20-14-15-4-6-16(7-5-15)17(24)22-10-8-21(9-11-22)12-13-23/h4-7,23H,8-14H2,1-3H3,(H,20,25). The topological polar surface area (TPSA) is 72.9 Å². The Bertz CT molecular complexity index is 585. The molecule has 0 spiro atoms. The molecule has 2 rings (SSSR count). The van der Waals surface area contributed by atoms with E-state index in [1.807, 2.05) is 49.9 Å². The molecule has 0 aliphatic carbocycles. The van der Waals surface area contributed by atoms with E-state index >= 15 is 0 Å². The summed E-state index contributed by atoms with van der Waals surface area (Å²) in [6.07, 6.45) is 0. The minimum absolute atomic E-state index is 0.00778. The van der Waals surface area contributed by atoms with Crippen molar-refractivity contribution < 1.29 is 14.7 Å². The monoisotopic (exact) mass is 347 g/mol. The van der Waals surface area contributed by atoms with Crippen LogP contribution in [0.25, 0.3) is 0 Å². The van der Waals surface area contributed by atoms with Crippen LogP contribution in [0.15, 0.2) is 24.3 Å². The van der Waals surface area contributed by atoms with Gasteiger partial charge in [0.05, 0.1) is 6.61 Å². The molecule has 6 nitrogen and oxygen atoms in total. The van der Waals surface area contributed by atoms with Gasteiger partial charge >= 0.3 is 0 Å². The summed E-state index contributed by atoms with van der Waals surface area (Å²) in [5.41, 5.74) is 1.23. The molecule has 1 heterocycles. The van der Waals surface area contributed by atoms with Crippen molar-refractivity contribution in [2.75, 3.05) is 39.3 Å². The molecule has 0 aromatic heterocycles. The maximum absolute atomic E-state index is 12.6. The van der Waals surface area contributed by atoms with E-state index in [1.54, 1.807) is 0 Å². The Labute approximate surface area is 149 Å². The number of β-amino-alcohol motifs (C(OH)–C–C–N with tert-alkyl or cyclic N) is 1. The molecule has 138 valence electrons. The van der Waals surface area contributed by atoms with Crippen molar-refractivity contribution in [2.24, 2.45) is 5.41 Å². The molecule has 2 amide bonds. The lowest BCUT2D eigenvalue weighted by molar-refractivity contribution is -0.128. The van der Waals surface area contributed by atoms with Gasteiger partial charge in [0.2, 0.25) is 5.91 Å². The number of hydrogen-bond donors (Lipinski definition) is 2. The molecule has 1 aliphatic rings. The van der Waals surface area contributed by atoms with E-state index in [0.29, 0.717) is 31.7 Å². The Balaban J connectivity index is 1.87. The minimum Gasteiger partial charge on any atom is -0.395 e. The molecule has 25 heavy (non-hydrogen) atoms. The lowest BCUT2D eigenvalue weighted by Crippen LogP contribution is -2.49. The molecular weight excluding hydrogens is 318 g/mol. The largest absolute Gasteiger partial charge is 0.395 e. The summed E-state index contributed by atoms with van der Waals surface area (Å²) in [7, 11) is 0. The molecule has 1 aromatic rings. The second-order valence-electron chi connectivity index (χ2n) is 7.49. The fourth-order valence-electron chi connectivity index (χ4n) is 2.71. The fourth-order valence-corrected chi connectivity index (χ4v) is 2.71. The van der Waals surface area contributed by atoms with Crippen molar-refractivity contribution in [2.45, 2.75) is 27.3 Å². The predicted molar refractivity (Wildman–Crippen MR) is 97.2 cm³/mol. The molecule has 0 atom stereocenters. The van der Waals surface area contributed by atoms with Crippen LogP contribution in [-0.2, 0) is 11.3 Å². The first-order valence-corrected chi connectivity index (χ1v) is 8.81. The quantitative estimate of drug-likeness (QED) is 0.837. The number of piperazine rings is 1. The van der Waals surface area contributed by atoms with Crippen molar-refractivity contribution in [3.63, 3.8) is 0 Å². The number of aliphatic hydroxyl groups excluding tert-OH is 1. The molecule has 1 saturated heterocycles. The first kappa shape index (κ1) is 19.4. The van der Waals surface area contributed by atoms with Crippen molar-refractivity contribution >= 4 is 11.8 Å². The number of amides is 2. The van der Waals surface area contributed by atoms with Gasteiger partial charge in [0, 0.05) is 50.2 Å². The molecule has 1 fully saturated rings. The van der Waals surface area contributed by atoms with Crippen molar-refractivity contribution in [3.8, 4) is 0 Å². The Hall–Kier alpha value is -1.92. The number of rotatable bonds is 5. The number of benzene rings is 1. The summed E-state index contributed by atoms with van der Waals surface area (Å²) < 4.78 is 0. The first-order chi connectivity index (χ1) is 11.8. The molecule has 0 bridgehead atoms. The zero-order valence-corrected chi connectivity index (χ0v) is 15.4. The first-order valence-electron chi connectivity index (χ1n) is 8.81. The Kier molecular flexibility index (Phi) is 6.56. The SMILES string of the molecule is CC(C)(C)C(=O)NCc1ccc(C(=O)N2CCN(CCO)CC2)cc1. The molecule has 0 saturated carbocycles. The Morgan fingerprint density at radius 3 is 2.20 bits per heavy atom. The van der Waals surface area contributed by atoms with Crippen LogP contribution in [0.1, 0.15) is 36.7 Å². The van der Waals surface area contributed by atoms with Crippen LogP contribution >= 0.6 is 0 Å². The van der Waals surface area contributed by atoms with Gasteiger partial charge in [0.25, 0.3) is 5.91 Å². The minimum atomic E-state index is -0.409. The third-order valence-electron chi connectivity index (χ3n) is 4.41. The highest BCUT2D eigenvalue weighted by molar-refractivity contribution is 5.94. The van der Waals surface area contributed by atoms with E-state index in [1.165, 1.54) is 0 Å². The third-order valence-corrected chi connectivity index (χ3v) is 4.41. The normalized spacial score (nSPS) is 15.9. The maximum atomic E-state index is 12.6. The van der Waals surface area contributed by atoms with E-state index < -0.39 is 5.41 Å². The van der Waals surface area contributed by atoms with Gasteiger partial charge in [-0.2, -0.15) is 0 Å². The lowest BCUT2D eigenvalue weighted by atomic mass is 9.95. The van der Waals surface area contributed by atoms with E-state index in [-0.39, 0.29) is 18.4 Å². The van der Waals surface area contributed by atoms with Gasteiger partial charge in [-0.25, -0.2) is 0 Å². The number of aliphatic hydroxyl groups is 1. The fraction of sp³-hybridized carbons (Fsp3) is 0.579.